The maximum absolute atomic E-state index is 5.90. The van der Waals surface area contributed by atoms with E-state index >= 15 is 0 Å². The molecule has 0 aliphatic heterocycles. The van der Waals surface area contributed by atoms with Crippen LogP contribution in [0.1, 0.15) is 12.0 Å². The molecule has 1 rings (SSSR count). The summed E-state index contributed by atoms with van der Waals surface area (Å²) in [7, 11) is 6.41. The highest BCUT2D eigenvalue weighted by Crippen LogP contribution is 2.07. The minimum atomic E-state index is 0.439. The van der Waals surface area contributed by atoms with Gasteiger partial charge in [-0.15, -0.1) is 0 Å². The van der Waals surface area contributed by atoms with E-state index in [9.17, 15) is 0 Å². The fraction of sp³-hybridized carbons (Fsp3) is 0.600. The van der Waals surface area contributed by atoms with Crippen LogP contribution < -0.4 is 5.73 Å². The maximum Gasteiger partial charge on any atom is 0.0255 e. The van der Waals surface area contributed by atoms with Crippen LogP contribution in [0.3, 0.4) is 0 Å². The van der Waals surface area contributed by atoms with Gasteiger partial charge < -0.3 is 15.5 Å². The number of hydrogen-bond donors (Lipinski definition) is 1. The molecule has 0 saturated carbocycles. The second-order valence-electron chi connectivity index (χ2n) is 5.22. The van der Waals surface area contributed by atoms with Crippen LogP contribution in [0.5, 0.6) is 0 Å². The van der Waals surface area contributed by atoms with Crippen LogP contribution >= 0.6 is 0 Å². The van der Waals surface area contributed by atoms with Gasteiger partial charge in [0.1, 0.15) is 0 Å². The van der Waals surface area contributed by atoms with E-state index in [1.165, 1.54) is 12.0 Å². The lowest BCUT2D eigenvalue weighted by molar-refractivity contribution is 0.231. The van der Waals surface area contributed by atoms with Crippen molar-refractivity contribution in [3.63, 3.8) is 0 Å². The molecule has 18 heavy (non-hydrogen) atoms. The molecular formula is C15H27N3. The summed E-state index contributed by atoms with van der Waals surface area (Å²) < 4.78 is 0. The molecular weight excluding hydrogens is 222 g/mol. The molecule has 1 unspecified atom stereocenters. The molecule has 2 N–H and O–H groups in total. The Hall–Kier alpha value is -0.900. The number of nitrogens with two attached hydrogens (primary N) is 1. The predicted molar refractivity (Wildman–Crippen MR) is 78.8 cm³/mol. The normalized spacial score (nSPS) is 13.2. The first-order chi connectivity index (χ1) is 8.63. The van der Waals surface area contributed by atoms with Crippen molar-refractivity contribution in [2.75, 3.05) is 40.8 Å². The van der Waals surface area contributed by atoms with Crippen molar-refractivity contribution in [2.24, 2.45) is 5.73 Å². The Morgan fingerprint density at radius 2 is 1.72 bits per heavy atom. The Morgan fingerprint density at radius 1 is 1.06 bits per heavy atom. The van der Waals surface area contributed by atoms with Gasteiger partial charge in [-0.05, 0) is 52.6 Å². The van der Waals surface area contributed by atoms with Crippen molar-refractivity contribution >= 4 is 0 Å². The van der Waals surface area contributed by atoms with E-state index in [-0.39, 0.29) is 0 Å². The van der Waals surface area contributed by atoms with E-state index < -0.39 is 0 Å². The fourth-order valence-electron chi connectivity index (χ4n) is 2.12. The molecule has 0 spiro atoms. The van der Waals surface area contributed by atoms with Crippen molar-refractivity contribution in [2.45, 2.75) is 18.9 Å². The number of rotatable bonds is 8. The first-order valence-corrected chi connectivity index (χ1v) is 6.72. The first-order valence-electron chi connectivity index (χ1n) is 6.72. The molecule has 0 radical (unpaired) electrons. The van der Waals surface area contributed by atoms with Gasteiger partial charge >= 0.3 is 0 Å². The average molecular weight is 249 g/mol. The monoisotopic (exact) mass is 249 g/mol. The topological polar surface area (TPSA) is 32.5 Å². The van der Waals surface area contributed by atoms with E-state index in [4.69, 9.17) is 5.73 Å². The molecule has 0 aliphatic carbocycles. The number of hydrogen-bond acceptors (Lipinski definition) is 3. The summed E-state index contributed by atoms with van der Waals surface area (Å²) >= 11 is 0. The van der Waals surface area contributed by atoms with Crippen molar-refractivity contribution < 1.29 is 0 Å². The zero-order valence-corrected chi connectivity index (χ0v) is 12.0. The molecule has 0 fully saturated rings. The second-order valence-corrected chi connectivity index (χ2v) is 5.22. The van der Waals surface area contributed by atoms with Crippen LogP contribution in [0.25, 0.3) is 0 Å². The molecule has 0 saturated heterocycles. The summed E-state index contributed by atoms with van der Waals surface area (Å²) in [5.41, 5.74) is 7.27. The van der Waals surface area contributed by atoms with Gasteiger partial charge in [0.25, 0.3) is 0 Å². The van der Waals surface area contributed by atoms with Gasteiger partial charge in [-0.2, -0.15) is 0 Å². The molecule has 0 amide bonds. The Bertz CT molecular complexity index is 311. The smallest absolute Gasteiger partial charge is 0.0255 e. The van der Waals surface area contributed by atoms with E-state index in [0.29, 0.717) is 12.6 Å². The minimum Gasteiger partial charge on any atom is -0.329 e. The predicted octanol–water partition coefficient (Wildman–Crippen LogP) is 1.44. The summed E-state index contributed by atoms with van der Waals surface area (Å²) in [6.45, 7) is 2.95. The van der Waals surface area contributed by atoms with Gasteiger partial charge in [0.15, 0.2) is 0 Å². The van der Waals surface area contributed by atoms with Gasteiger partial charge in [-0.3, -0.25) is 0 Å². The minimum absolute atomic E-state index is 0.439. The van der Waals surface area contributed by atoms with Gasteiger partial charge in [-0.25, -0.2) is 0 Å². The van der Waals surface area contributed by atoms with Crippen molar-refractivity contribution in [3.8, 4) is 0 Å². The van der Waals surface area contributed by atoms with E-state index in [1.807, 2.05) is 0 Å². The zero-order chi connectivity index (χ0) is 13.4. The average Bonchev–Trinajstić information content (AvgIpc) is 2.36. The highest BCUT2D eigenvalue weighted by atomic mass is 15.1. The molecule has 0 aromatic heterocycles. The molecule has 0 heterocycles. The summed E-state index contributed by atoms with van der Waals surface area (Å²) in [5, 5.41) is 0. The van der Waals surface area contributed by atoms with Crippen molar-refractivity contribution in [1.82, 2.24) is 9.80 Å². The third-order valence-corrected chi connectivity index (χ3v) is 3.33. The summed E-state index contributed by atoms with van der Waals surface area (Å²) in [6, 6.07) is 11.0. The Labute approximate surface area is 112 Å². The van der Waals surface area contributed by atoms with Gasteiger partial charge in [-0.1, -0.05) is 30.3 Å². The largest absolute Gasteiger partial charge is 0.329 e. The lowest BCUT2D eigenvalue weighted by Gasteiger charge is -2.27. The Kier molecular flexibility index (Phi) is 6.94. The lowest BCUT2D eigenvalue weighted by atomic mass is 10.0. The third-order valence-electron chi connectivity index (χ3n) is 3.33. The molecule has 3 nitrogen and oxygen atoms in total. The van der Waals surface area contributed by atoms with Crippen molar-refractivity contribution in [1.29, 1.82) is 0 Å². The summed E-state index contributed by atoms with van der Waals surface area (Å²) in [5.74, 6) is 0. The van der Waals surface area contributed by atoms with E-state index in [2.05, 4.69) is 61.3 Å². The van der Waals surface area contributed by atoms with Crippen LogP contribution in [-0.2, 0) is 6.42 Å². The van der Waals surface area contributed by atoms with Crippen LogP contribution in [0.2, 0.25) is 0 Å². The van der Waals surface area contributed by atoms with Crippen LogP contribution in [-0.4, -0.2) is 56.6 Å². The summed E-state index contributed by atoms with van der Waals surface area (Å²) in [6.07, 6.45) is 2.23. The molecule has 102 valence electrons. The standard InChI is InChI=1S/C15H27N3/c1-17(2)10-7-11-18(3)15(13-16)12-14-8-5-4-6-9-14/h4-6,8-9,15H,7,10-13,16H2,1-3H3. The third kappa shape index (κ3) is 5.63. The SMILES string of the molecule is CN(C)CCCN(C)C(CN)Cc1ccccc1. The molecule has 1 atom stereocenters. The molecule has 1 aromatic carbocycles. The molecule has 3 heteroatoms. The first kappa shape index (κ1) is 15.2. The number of likely N-dealkylation sites (N-methyl/N-ethyl adjacent to an activating group) is 1. The lowest BCUT2D eigenvalue weighted by Crippen LogP contribution is -2.40. The Morgan fingerprint density at radius 3 is 2.28 bits per heavy atom. The van der Waals surface area contributed by atoms with Gasteiger partial charge in [0, 0.05) is 12.6 Å². The van der Waals surface area contributed by atoms with Crippen molar-refractivity contribution in [3.05, 3.63) is 35.9 Å². The zero-order valence-electron chi connectivity index (χ0n) is 12.0. The highest BCUT2D eigenvalue weighted by Gasteiger charge is 2.13. The van der Waals surface area contributed by atoms with Gasteiger partial charge in [0.05, 0.1) is 0 Å². The van der Waals surface area contributed by atoms with Crippen LogP contribution in [0.4, 0.5) is 0 Å². The molecule has 1 aromatic rings. The fourth-order valence-corrected chi connectivity index (χ4v) is 2.12. The summed E-state index contributed by atoms with van der Waals surface area (Å²) in [4.78, 5) is 4.61. The maximum atomic E-state index is 5.90. The van der Waals surface area contributed by atoms with E-state index in [0.717, 1.165) is 19.5 Å². The highest BCUT2D eigenvalue weighted by molar-refractivity contribution is 5.16. The number of benzene rings is 1. The van der Waals surface area contributed by atoms with Crippen LogP contribution in [0, 0.1) is 0 Å². The quantitative estimate of drug-likeness (QED) is 0.757. The number of nitrogens with zero attached hydrogens (tertiary/aromatic N) is 2. The molecule has 0 bridgehead atoms. The Balaban J connectivity index is 2.40. The van der Waals surface area contributed by atoms with Gasteiger partial charge in [0.2, 0.25) is 0 Å². The van der Waals surface area contributed by atoms with Crippen LogP contribution in [0.15, 0.2) is 30.3 Å². The van der Waals surface area contributed by atoms with E-state index in [1.54, 1.807) is 0 Å². The molecule has 0 aliphatic rings. The second kappa shape index (κ2) is 8.25.